The molecular formula is C10H19N3OS. The molecule has 2 atom stereocenters. The van der Waals surface area contributed by atoms with Crippen LogP contribution in [0.3, 0.4) is 0 Å². The average molecular weight is 229 g/mol. The molecule has 2 unspecified atom stereocenters. The summed E-state index contributed by atoms with van der Waals surface area (Å²) in [7, 11) is 1.20. The second-order valence-corrected chi connectivity index (χ2v) is 5.38. The predicted molar refractivity (Wildman–Crippen MR) is 63.2 cm³/mol. The smallest absolute Gasteiger partial charge is 0.0537 e. The fourth-order valence-corrected chi connectivity index (χ4v) is 2.23. The van der Waals surface area contributed by atoms with Gasteiger partial charge in [0, 0.05) is 53.7 Å². The number of rotatable bonds is 5. The van der Waals surface area contributed by atoms with Gasteiger partial charge in [-0.2, -0.15) is 5.10 Å². The predicted octanol–water partition coefficient (Wildman–Crippen LogP) is 0.585. The Hall–Kier alpha value is -0.680. The molecule has 0 amide bonds. The zero-order valence-corrected chi connectivity index (χ0v) is 10.6. The number of aryl methyl sites for hydroxylation is 1. The largest absolute Gasteiger partial charge is 0.309 e. The van der Waals surface area contributed by atoms with E-state index in [2.05, 4.69) is 10.4 Å². The first-order valence-electron chi connectivity index (χ1n) is 5.01. The molecule has 0 aliphatic rings. The lowest BCUT2D eigenvalue weighted by Gasteiger charge is -2.11. The van der Waals surface area contributed by atoms with Crippen molar-refractivity contribution in [3.8, 4) is 0 Å². The molecule has 4 nitrogen and oxygen atoms in total. The van der Waals surface area contributed by atoms with E-state index in [0.29, 0.717) is 5.75 Å². The number of aromatic nitrogens is 2. The lowest BCUT2D eigenvalue weighted by atomic mass is 10.2. The Labute approximate surface area is 93.5 Å². The van der Waals surface area contributed by atoms with E-state index in [1.54, 1.807) is 6.26 Å². The van der Waals surface area contributed by atoms with Crippen LogP contribution in [-0.4, -0.2) is 32.0 Å². The lowest BCUT2D eigenvalue weighted by molar-refractivity contribution is 0.585. The summed E-state index contributed by atoms with van der Waals surface area (Å²) in [6.07, 6.45) is 3.60. The van der Waals surface area contributed by atoms with Gasteiger partial charge in [0.25, 0.3) is 0 Å². The van der Waals surface area contributed by atoms with E-state index in [4.69, 9.17) is 0 Å². The Kier molecular flexibility index (Phi) is 4.47. The summed E-state index contributed by atoms with van der Waals surface area (Å²) in [5.41, 5.74) is 2.37. The van der Waals surface area contributed by atoms with Crippen LogP contribution in [-0.2, 0) is 24.4 Å². The van der Waals surface area contributed by atoms with E-state index < -0.39 is 10.8 Å². The minimum Gasteiger partial charge on any atom is -0.309 e. The van der Waals surface area contributed by atoms with Crippen LogP contribution in [0.15, 0.2) is 6.20 Å². The Bertz CT molecular complexity index is 348. The van der Waals surface area contributed by atoms with E-state index in [-0.39, 0.29) is 6.04 Å². The van der Waals surface area contributed by atoms with Crippen molar-refractivity contribution in [1.29, 1.82) is 0 Å². The number of nitrogens with one attached hydrogen (secondary N) is 1. The van der Waals surface area contributed by atoms with E-state index in [1.165, 1.54) is 11.3 Å². The maximum absolute atomic E-state index is 11.0. The third kappa shape index (κ3) is 3.76. The molecule has 1 N–H and O–H groups in total. The molecule has 1 aromatic heterocycles. The standard InChI is InChI=1S/C10H19N3OS/c1-8(7-15(4)14)11-5-10-6-12-13(3)9(10)2/h6,8,11H,5,7H2,1-4H3. The quantitative estimate of drug-likeness (QED) is 0.803. The van der Waals surface area contributed by atoms with Crippen molar-refractivity contribution in [1.82, 2.24) is 15.1 Å². The topological polar surface area (TPSA) is 46.9 Å². The Morgan fingerprint density at radius 2 is 2.33 bits per heavy atom. The summed E-state index contributed by atoms with van der Waals surface area (Å²) in [6.45, 7) is 4.89. The summed E-state index contributed by atoms with van der Waals surface area (Å²) < 4.78 is 12.9. The van der Waals surface area contributed by atoms with Crippen LogP contribution < -0.4 is 5.32 Å². The van der Waals surface area contributed by atoms with Crippen LogP contribution in [0.5, 0.6) is 0 Å². The number of hydrogen-bond donors (Lipinski definition) is 1. The highest BCUT2D eigenvalue weighted by Gasteiger charge is 2.07. The maximum Gasteiger partial charge on any atom is 0.0537 e. The van der Waals surface area contributed by atoms with E-state index >= 15 is 0 Å². The summed E-state index contributed by atoms with van der Waals surface area (Å²) >= 11 is 0. The molecule has 0 spiro atoms. The zero-order valence-electron chi connectivity index (χ0n) is 9.78. The van der Waals surface area contributed by atoms with Crippen LogP contribution >= 0.6 is 0 Å². The van der Waals surface area contributed by atoms with Gasteiger partial charge in [-0.1, -0.05) is 0 Å². The summed E-state index contributed by atoms with van der Waals surface area (Å²) in [4.78, 5) is 0. The Balaban J connectivity index is 2.43. The summed E-state index contributed by atoms with van der Waals surface area (Å²) in [5, 5.41) is 7.51. The van der Waals surface area contributed by atoms with Gasteiger partial charge in [-0.05, 0) is 13.8 Å². The third-order valence-corrected chi connectivity index (χ3v) is 3.43. The molecule has 1 heterocycles. The monoisotopic (exact) mass is 229 g/mol. The molecular weight excluding hydrogens is 210 g/mol. The molecule has 1 aromatic rings. The van der Waals surface area contributed by atoms with Crippen LogP contribution in [0.1, 0.15) is 18.2 Å². The number of hydrogen-bond acceptors (Lipinski definition) is 3. The van der Waals surface area contributed by atoms with Gasteiger partial charge in [0.05, 0.1) is 6.20 Å². The van der Waals surface area contributed by atoms with Gasteiger partial charge in [-0.15, -0.1) is 0 Å². The molecule has 0 saturated heterocycles. The molecule has 0 fully saturated rings. The SMILES string of the molecule is Cc1c(CNC(C)CS(C)=O)cnn1C. The van der Waals surface area contributed by atoms with Gasteiger partial charge in [0.15, 0.2) is 0 Å². The first kappa shape index (κ1) is 12.4. The fourth-order valence-electron chi connectivity index (χ4n) is 1.41. The van der Waals surface area contributed by atoms with Crippen LogP contribution in [0.25, 0.3) is 0 Å². The van der Waals surface area contributed by atoms with Crippen molar-refractivity contribution in [2.24, 2.45) is 7.05 Å². The zero-order chi connectivity index (χ0) is 11.4. The molecule has 5 heteroatoms. The molecule has 0 aliphatic heterocycles. The average Bonchev–Trinajstić information content (AvgIpc) is 2.44. The minimum atomic E-state index is -0.737. The van der Waals surface area contributed by atoms with Crippen molar-refractivity contribution < 1.29 is 4.21 Å². The molecule has 86 valence electrons. The molecule has 0 aromatic carbocycles. The van der Waals surface area contributed by atoms with E-state index in [1.807, 2.05) is 31.8 Å². The minimum absolute atomic E-state index is 0.274. The Morgan fingerprint density at radius 3 is 2.80 bits per heavy atom. The molecule has 0 radical (unpaired) electrons. The van der Waals surface area contributed by atoms with Crippen molar-refractivity contribution in [3.63, 3.8) is 0 Å². The first-order chi connectivity index (χ1) is 7.00. The van der Waals surface area contributed by atoms with Gasteiger partial charge < -0.3 is 5.32 Å². The van der Waals surface area contributed by atoms with E-state index in [9.17, 15) is 4.21 Å². The van der Waals surface area contributed by atoms with Crippen molar-refractivity contribution in [2.75, 3.05) is 12.0 Å². The molecule has 0 aliphatic carbocycles. The molecule has 0 bridgehead atoms. The Morgan fingerprint density at radius 1 is 1.67 bits per heavy atom. The highest BCUT2D eigenvalue weighted by molar-refractivity contribution is 7.84. The second kappa shape index (κ2) is 5.42. The van der Waals surface area contributed by atoms with Crippen LogP contribution in [0.2, 0.25) is 0 Å². The maximum atomic E-state index is 11.0. The van der Waals surface area contributed by atoms with E-state index in [0.717, 1.165) is 6.54 Å². The fraction of sp³-hybridized carbons (Fsp3) is 0.700. The molecule has 15 heavy (non-hydrogen) atoms. The third-order valence-electron chi connectivity index (χ3n) is 2.46. The summed E-state index contributed by atoms with van der Waals surface area (Å²) in [5.74, 6) is 0.694. The van der Waals surface area contributed by atoms with Crippen molar-refractivity contribution in [2.45, 2.75) is 26.4 Å². The van der Waals surface area contributed by atoms with Gasteiger partial charge in [-0.3, -0.25) is 8.89 Å². The van der Waals surface area contributed by atoms with Gasteiger partial charge in [0.2, 0.25) is 0 Å². The molecule has 0 saturated carbocycles. The highest BCUT2D eigenvalue weighted by Crippen LogP contribution is 2.05. The van der Waals surface area contributed by atoms with Crippen LogP contribution in [0, 0.1) is 6.92 Å². The van der Waals surface area contributed by atoms with Gasteiger partial charge in [0.1, 0.15) is 0 Å². The van der Waals surface area contributed by atoms with Gasteiger partial charge in [-0.25, -0.2) is 0 Å². The highest BCUT2D eigenvalue weighted by atomic mass is 32.2. The summed E-state index contributed by atoms with van der Waals surface area (Å²) in [6, 6.07) is 0.274. The van der Waals surface area contributed by atoms with Crippen molar-refractivity contribution in [3.05, 3.63) is 17.5 Å². The normalized spacial score (nSPS) is 15.2. The first-order valence-corrected chi connectivity index (χ1v) is 6.74. The number of nitrogens with zero attached hydrogens (tertiary/aromatic N) is 2. The molecule has 1 rings (SSSR count). The van der Waals surface area contributed by atoms with Crippen molar-refractivity contribution >= 4 is 10.8 Å². The van der Waals surface area contributed by atoms with Crippen LogP contribution in [0.4, 0.5) is 0 Å². The van der Waals surface area contributed by atoms with Gasteiger partial charge >= 0.3 is 0 Å². The second-order valence-electron chi connectivity index (χ2n) is 3.90. The lowest BCUT2D eigenvalue weighted by Crippen LogP contribution is -2.30.